The molecule has 0 bridgehead atoms. The molecule has 1 aliphatic heterocycles. The summed E-state index contributed by atoms with van der Waals surface area (Å²) in [6.45, 7) is 2.23. The van der Waals surface area contributed by atoms with Gasteiger partial charge in [-0.15, -0.1) is 0 Å². The van der Waals surface area contributed by atoms with Crippen molar-refractivity contribution in [1.29, 1.82) is 0 Å². The summed E-state index contributed by atoms with van der Waals surface area (Å²) in [7, 11) is 0. The Morgan fingerprint density at radius 3 is 2.62 bits per heavy atom. The summed E-state index contributed by atoms with van der Waals surface area (Å²) in [5.74, 6) is -0.987. The monoisotopic (exact) mass is 523 g/mol. The van der Waals surface area contributed by atoms with Gasteiger partial charge in [0, 0.05) is 17.7 Å². The van der Waals surface area contributed by atoms with E-state index in [1.807, 2.05) is 41.5 Å². The van der Waals surface area contributed by atoms with E-state index in [4.69, 9.17) is 0 Å². The highest BCUT2D eigenvalue weighted by molar-refractivity contribution is 5.97. The van der Waals surface area contributed by atoms with E-state index < -0.39 is 11.7 Å². The Morgan fingerprint density at radius 1 is 1.08 bits per heavy atom. The smallest absolute Gasteiger partial charge is 0.255 e. The zero-order chi connectivity index (χ0) is 27.1. The zero-order valence-corrected chi connectivity index (χ0v) is 21.6. The van der Waals surface area contributed by atoms with E-state index in [0.29, 0.717) is 6.42 Å². The molecule has 7 heteroatoms. The van der Waals surface area contributed by atoms with Gasteiger partial charge in [0.15, 0.2) is 11.5 Å². The van der Waals surface area contributed by atoms with Gasteiger partial charge in [-0.3, -0.25) is 9.80 Å². The van der Waals surface area contributed by atoms with Crippen molar-refractivity contribution in [3.63, 3.8) is 0 Å². The number of nitrogens with one attached hydrogen (secondary N) is 2. The number of nitrogens with zero attached hydrogens (tertiary/aromatic N) is 1. The molecule has 6 rings (SSSR count). The van der Waals surface area contributed by atoms with Crippen molar-refractivity contribution in [1.82, 2.24) is 10.7 Å². The molecule has 3 aliphatic rings. The second kappa shape index (κ2) is 9.98. The molecule has 3 atom stereocenters. The average molecular weight is 524 g/mol. The molecule has 3 aromatic rings. The first-order valence-electron chi connectivity index (χ1n) is 13.2. The minimum Gasteiger partial charge on any atom is -0.504 e. The molecule has 2 aliphatic carbocycles. The van der Waals surface area contributed by atoms with E-state index in [-0.39, 0.29) is 35.0 Å². The van der Waals surface area contributed by atoms with Crippen LogP contribution >= 0.6 is 0 Å². The van der Waals surface area contributed by atoms with Crippen molar-refractivity contribution in [2.24, 2.45) is 11.8 Å². The summed E-state index contributed by atoms with van der Waals surface area (Å²) in [4.78, 5) is 13.2. The van der Waals surface area contributed by atoms with Crippen LogP contribution in [0.2, 0.25) is 0 Å². The average Bonchev–Trinajstić information content (AvgIpc) is 3.56. The second-order valence-electron chi connectivity index (χ2n) is 10.4. The molecule has 0 aromatic heterocycles. The lowest BCUT2D eigenvalue weighted by Gasteiger charge is -2.31. The van der Waals surface area contributed by atoms with Crippen LogP contribution < -0.4 is 15.8 Å². The quantitative estimate of drug-likeness (QED) is 0.287. The fourth-order valence-corrected chi connectivity index (χ4v) is 6.16. The number of benzene rings is 3. The molecule has 1 heterocycles. The SMILES string of the molecule is C[C@H]1C2=CNN(c3ccc(F)cc3)C2=CC2=C1[C@@H](CC(NC(=O)c1cccc(O)c1O)c1ccccc1)CC2. The van der Waals surface area contributed by atoms with Crippen LogP contribution in [0.25, 0.3) is 0 Å². The maximum atomic E-state index is 13.5. The molecule has 0 fully saturated rings. The summed E-state index contributed by atoms with van der Waals surface area (Å²) in [6.07, 6.45) is 6.91. The highest BCUT2D eigenvalue weighted by atomic mass is 19.1. The second-order valence-corrected chi connectivity index (χ2v) is 10.4. The molecular weight excluding hydrogens is 493 g/mol. The zero-order valence-electron chi connectivity index (χ0n) is 21.6. The normalized spacial score (nSPS) is 20.5. The van der Waals surface area contributed by atoms with Crippen molar-refractivity contribution >= 4 is 11.6 Å². The number of carbonyl (C=O) groups excluding carboxylic acids is 1. The lowest BCUT2D eigenvalue weighted by molar-refractivity contribution is 0.0928. The third kappa shape index (κ3) is 4.54. The standard InChI is InChI=1S/C32H30FN3O3/c1-19-26-18-34-36(24-14-12-23(33)13-15-24)28(26)17-22-11-10-21(30(19)22)16-27(20-6-3-2-4-7-20)35-32(39)25-8-5-9-29(37)31(25)38/h2-9,12-15,17-19,21,27,34,37-38H,10-11,16H2,1H3,(H,35,39)/t19-,21+,27?/m0/s1. The first kappa shape index (κ1) is 24.8. The largest absolute Gasteiger partial charge is 0.504 e. The fraction of sp³-hybridized carbons (Fsp3) is 0.219. The summed E-state index contributed by atoms with van der Waals surface area (Å²) in [5, 5.41) is 25.3. The van der Waals surface area contributed by atoms with Crippen LogP contribution in [0.15, 0.2) is 107 Å². The van der Waals surface area contributed by atoms with E-state index in [0.717, 1.165) is 29.8 Å². The van der Waals surface area contributed by atoms with E-state index in [1.54, 1.807) is 18.2 Å². The lowest BCUT2D eigenvalue weighted by atomic mass is 9.78. The molecule has 0 radical (unpaired) electrons. The van der Waals surface area contributed by atoms with Gasteiger partial charge < -0.3 is 21.0 Å². The molecule has 1 amide bonds. The van der Waals surface area contributed by atoms with Crippen LogP contribution in [0.1, 0.15) is 48.1 Å². The van der Waals surface area contributed by atoms with Crippen LogP contribution in [0.3, 0.4) is 0 Å². The predicted octanol–water partition coefficient (Wildman–Crippen LogP) is 6.25. The number of hydrazine groups is 1. The third-order valence-electron chi connectivity index (χ3n) is 8.07. The number of anilines is 1. The van der Waals surface area contributed by atoms with Crippen LogP contribution in [-0.4, -0.2) is 16.1 Å². The highest BCUT2D eigenvalue weighted by Crippen LogP contribution is 2.50. The van der Waals surface area contributed by atoms with E-state index in [1.165, 1.54) is 41.0 Å². The fourth-order valence-electron chi connectivity index (χ4n) is 6.16. The molecule has 198 valence electrons. The molecule has 4 N–H and O–H groups in total. The summed E-state index contributed by atoms with van der Waals surface area (Å²) in [6, 6.07) is 20.5. The van der Waals surface area contributed by atoms with Gasteiger partial charge in [-0.2, -0.15) is 0 Å². The van der Waals surface area contributed by atoms with E-state index in [2.05, 4.69) is 23.7 Å². The van der Waals surface area contributed by atoms with Crippen LogP contribution in [0.5, 0.6) is 11.5 Å². The molecule has 0 saturated heterocycles. The number of carbonyl (C=O) groups is 1. The molecule has 6 nitrogen and oxygen atoms in total. The molecule has 39 heavy (non-hydrogen) atoms. The number of hydrogen-bond donors (Lipinski definition) is 4. The Morgan fingerprint density at radius 2 is 1.85 bits per heavy atom. The van der Waals surface area contributed by atoms with Gasteiger partial charge in [0.1, 0.15) is 5.82 Å². The Bertz CT molecular complexity index is 1510. The summed E-state index contributed by atoms with van der Waals surface area (Å²) < 4.78 is 13.5. The highest BCUT2D eigenvalue weighted by Gasteiger charge is 2.39. The van der Waals surface area contributed by atoms with Gasteiger partial charge in [0.2, 0.25) is 0 Å². The van der Waals surface area contributed by atoms with Crippen LogP contribution in [0, 0.1) is 17.7 Å². The molecule has 0 spiro atoms. The number of aromatic hydroxyl groups is 2. The summed E-state index contributed by atoms with van der Waals surface area (Å²) in [5.41, 5.74) is 10.2. The molecule has 0 saturated carbocycles. The first-order valence-corrected chi connectivity index (χ1v) is 13.2. The Labute approximate surface area is 226 Å². The Hall–Kier alpha value is -4.52. The van der Waals surface area contributed by atoms with Crippen LogP contribution in [-0.2, 0) is 0 Å². The number of allylic oxidation sites excluding steroid dienone is 4. The van der Waals surface area contributed by atoms with Crippen molar-refractivity contribution in [2.45, 2.75) is 32.2 Å². The maximum absolute atomic E-state index is 13.5. The number of fused-ring (bicyclic) bond motifs is 1. The number of phenolic OH excluding ortho intramolecular Hbond substituents is 2. The number of rotatable bonds is 6. The molecule has 1 unspecified atom stereocenters. The van der Waals surface area contributed by atoms with Crippen molar-refractivity contribution in [2.75, 3.05) is 5.01 Å². The van der Waals surface area contributed by atoms with Crippen molar-refractivity contribution < 1.29 is 19.4 Å². The van der Waals surface area contributed by atoms with Gasteiger partial charge in [0.05, 0.1) is 23.0 Å². The maximum Gasteiger partial charge on any atom is 0.255 e. The predicted molar refractivity (Wildman–Crippen MR) is 148 cm³/mol. The first-order chi connectivity index (χ1) is 18.9. The van der Waals surface area contributed by atoms with Crippen LogP contribution in [0.4, 0.5) is 10.1 Å². The van der Waals surface area contributed by atoms with Gasteiger partial charge >= 0.3 is 0 Å². The minimum atomic E-state index is -0.430. The molecular formula is C32H30FN3O3. The summed E-state index contributed by atoms with van der Waals surface area (Å²) >= 11 is 0. The Balaban J connectivity index is 1.28. The number of phenols is 2. The minimum absolute atomic E-state index is 0.0453. The Kier molecular flexibility index (Phi) is 6.35. The van der Waals surface area contributed by atoms with Crippen molar-refractivity contribution in [3.8, 4) is 11.5 Å². The molecule has 3 aromatic carbocycles. The van der Waals surface area contributed by atoms with Crippen molar-refractivity contribution in [3.05, 3.63) is 124 Å². The number of hydrogen-bond acceptors (Lipinski definition) is 5. The number of para-hydroxylation sites is 1. The van der Waals surface area contributed by atoms with Gasteiger partial charge in [-0.05, 0) is 78.8 Å². The van der Waals surface area contributed by atoms with Gasteiger partial charge in [-0.25, -0.2) is 4.39 Å². The number of halogens is 1. The van der Waals surface area contributed by atoms with E-state index in [9.17, 15) is 19.4 Å². The van der Waals surface area contributed by atoms with E-state index >= 15 is 0 Å². The number of amides is 1. The van der Waals surface area contributed by atoms with Gasteiger partial charge in [0.25, 0.3) is 5.91 Å². The third-order valence-corrected chi connectivity index (χ3v) is 8.07. The lowest BCUT2D eigenvalue weighted by Crippen LogP contribution is -2.31. The van der Waals surface area contributed by atoms with Gasteiger partial charge in [-0.1, -0.05) is 48.9 Å². The topological polar surface area (TPSA) is 84.8 Å².